The number of carbonyl (C=O) groups excluding carboxylic acids is 1. The molecular formula is C23H19F9N2O4. The van der Waals surface area contributed by atoms with Crippen molar-refractivity contribution in [3.8, 4) is 0 Å². The van der Waals surface area contributed by atoms with E-state index >= 15 is 0 Å². The first kappa shape index (κ1) is 28.9. The summed E-state index contributed by atoms with van der Waals surface area (Å²) in [4.78, 5) is 25.9. The first-order chi connectivity index (χ1) is 17.3. The van der Waals surface area contributed by atoms with Gasteiger partial charge in [-0.25, -0.2) is 9.59 Å². The van der Waals surface area contributed by atoms with Gasteiger partial charge >= 0.3 is 30.7 Å². The van der Waals surface area contributed by atoms with Gasteiger partial charge in [-0.2, -0.15) is 39.5 Å². The molecule has 208 valence electrons. The fraction of sp³-hybridized carbons (Fsp3) is 0.391. The van der Waals surface area contributed by atoms with Crippen LogP contribution in [0, 0.1) is 0 Å². The maximum Gasteiger partial charge on any atom is 0.416 e. The van der Waals surface area contributed by atoms with Gasteiger partial charge in [0.15, 0.2) is 0 Å². The minimum absolute atomic E-state index is 0.0899. The normalized spacial score (nSPS) is 18.1. The van der Waals surface area contributed by atoms with Crippen molar-refractivity contribution in [1.29, 1.82) is 0 Å². The molecule has 2 atom stereocenters. The van der Waals surface area contributed by atoms with Crippen LogP contribution in [0.5, 0.6) is 0 Å². The van der Waals surface area contributed by atoms with Crippen LogP contribution in [-0.2, 0) is 29.8 Å². The molecule has 0 unspecified atom stereocenters. The van der Waals surface area contributed by atoms with Gasteiger partial charge in [0, 0.05) is 12.6 Å². The van der Waals surface area contributed by atoms with Crippen molar-refractivity contribution in [3.63, 3.8) is 0 Å². The lowest BCUT2D eigenvalue weighted by Gasteiger charge is -2.42. The predicted molar refractivity (Wildman–Crippen MR) is 113 cm³/mol. The van der Waals surface area contributed by atoms with Gasteiger partial charge in [-0.15, -0.1) is 0 Å². The largest absolute Gasteiger partial charge is 0.465 e. The monoisotopic (exact) mass is 558 g/mol. The van der Waals surface area contributed by atoms with E-state index in [9.17, 15) is 54.2 Å². The van der Waals surface area contributed by atoms with Crippen LogP contribution in [0.3, 0.4) is 0 Å². The lowest BCUT2D eigenvalue weighted by atomic mass is 9.89. The molecule has 0 spiro atoms. The first-order valence-electron chi connectivity index (χ1n) is 10.7. The van der Waals surface area contributed by atoms with Gasteiger partial charge in [0.1, 0.15) is 0 Å². The minimum Gasteiger partial charge on any atom is -0.465 e. The summed E-state index contributed by atoms with van der Waals surface area (Å²) in [5.74, 6) is 0. The Hall–Kier alpha value is -3.65. The maximum atomic E-state index is 13.3. The van der Waals surface area contributed by atoms with Crippen molar-refractivity contribution in [3.05, 3.63) is 64.2 Å². The van der Waals surface area contributed by atoms with Gasteiger partial charge in [-0.1, -0.05) is 6.07 Å². The second-order valence-electron chi connectivity index (χ2n) is 8.54. The first-order valence-corrected chi connectivity index (χ1v) is 10.7. The van der Waals surface area contributed by atoms with E-state index in [0.717, 1.165) is 18.1 Å². The van der Waals surface area contributed by atoms with Crippen LogP contribution >= 0.6 is 0 Å². The SMILES string of the molecule is COC(=O)N(Cc1cc(C(F)(F)F)cc(C(F)(F)F)c1)[C@H]1C[C@@H](C)N(C(=O)O)c2cc(C(F)(F)F)ccc21. The van der Waals surface area contributed by atoms with Gasteiger partial charge in [-0.05, 0) is 54.8 Å². The second-order valence-corrected chi connectivity index (χ2v) is 8.54. The Kier molecular flexibility index (Phi) is 7.54. The molecule has 2 aromatic rings. The second kappa shape index (κ2) is 9.91. The van der Waals surface area contributed by atoms with Gasteiger partial charge in [-0.3, -0.25) is 9.80 Å². The van der Waals surface area contributed by atoms with Crippen molar-refractivity contribution in [2.75, 3.05) is 12.0 Å². The number of halogens is 9. The molecule has 3 rings (SSSR count). The van der Waals surface area contributed by atoms with E-state index in [-0.39, 0.29) is 18.1 Å². The molecule has 1 heterocycles. The van der Waals surface area contributed by atoms with E-state index < -0.39 is 77.3 Å². The van der Waals surface area contributed by atoms with Crippen molar-refractivity contribution in [2.24, 2.45) is 0 Å². The highest BCUT2D eigenvalue weighted by atomic mass is 19.4. The number of anilines is 1. The third-order valence-corrected chi connectivity index (χ3v) is 5.97. The Labute approximate surface area is 209 Å². The lowest BCUT2D eigenvalue weighted by Crippen LogP contribution is -2.47. The van der Waals surface area contributed by atoms with E-state index in [4.69, 9.17) is 0 Å². The average molecular weight is 558 g/mol. The minimum atomic E-state index is -5.16. The third-order valence-electron chi connectivity index (χ3n) is 5.97. The summed E-state index contributed by atoms with van der Waals surface area (Å²) >= 11 is 0. The number of amides is 2. The number of carboxylic acid groups (broad SMARTS) is 1. The van der Waals surface area contributed by atoms with Crippen molar-refractivity contribution in [2.45, 2.75) is 50.5 Å². The molecule has 0 saturated heterocycles. The van der Waals surface area contributed by atoms with E-state index in [2.05, 4.69) is 4.74 Å². The zero-order valence-corrected chi connectivity index (χ0v) is 19.5. The van der Waals surface area contributed by atoms with E-state index in [1.807, 2.05) is 0 Å². The summed E-state index contributed by atoms with van der Waals surface area (Å²) in [6.45, 7) is 0.469. The molecule has 0 saturated carbocycles. The molecule has 0 radical (unpaired) electrons. The Morgan fingerprint density at radius 3 is 1.89 bits per heavy atom. The number of methoxy groups -OCH3 is 1. The van der Waals surface area contributed by atoms with Crippen LogP contribution in [0.15, 0.2) is 36.4 Å². The van der Waals surface area contributed by atoms with Crippen LogP contribution in [0.25, 0.3) is 0 Å². The molecular weight excluding hydrogens is 539 g/mol. The summed E-state index contributed by atoms with van der Waals surface area (Å²) in [5.41, 5.74) is -5.60. The molecule has 1 aliphatic heterocycles. The van der Waals surface area contributed by atoms with Crippen LogP contribution in [0.2, 0.25) is 0 Å². The standard InChI is InChI=1S/C23H19F9N2O4/c1-11-5-17(16-4-3-13(21(24,25)26)9-18(16)34(11)19(35)36)33(20(37)38-2)10-12-6-14(22(27,28)29)8-15(7-12)23(30,31)32/h3-4,6-9,11,17H,5,10H2,1-2H3,(H,35,36)/t11-,17+/m1/s1. The number of fused-ring (bicyclic) bond motifs is 1. The molecule has 0 aromatic heterocycles. The van der Waals surface area contributed by atoms with Gasteiger partial charge in [0.05, 0.1) is 35.5 Å². The summed E-state index contributed by atoms with van der Waals surface area (Å²) < 4.78 is 125. The molecule has 38 heavy (non-hydrogen) atoms. The molecule has 0 bridgehead atoms. The van der Waals surface area contributed by atoms with Crippen molar-refractivity contribution < 1.29 is 58.9 Å². The van der Waals surface area contributed by atoms with Crippen LogP contribution in [-0.4, -0.2) is 35.3 Å². The number of rotatable bonds is 3. The molecule has 1 N–H and O–H groups in total. The smallest absolute Gasteiger partial charge is 0.416 e. The Balaban J connectivity index is 2.17. The van der Waals surface area contributed by atoms with Crippen LogP contribution < -0.4 is 4.90 Å². The molecule has 1 aliphatic rings. The van der Waals surface area contributed by atoms with Gasteiger partial charge < -0.3 is 9.84 Å². The highest BCUT2D eigenvalue weighted by molar-refractivity contribution is 5.89. The quantitative estimate of drug-likeness (QED) is 0.401. The highest BCUT2D eigenvalue weighted by Gasteiger charge is 2.42. The fourth-order valence-corrected chi connectivity index (χ4v) is 4.32. The van der Waals surface area contributed by atoms with E-state index in [0.29, 0.717) is 29.2 Å². The third kappa shape index (κ3) is 5.91. The highest BCUT2D eigenvalue weighted by Crippen LogP contribution is 2.44. The number of nitrogens with zero attached hydrogens (tertiary/aromatic N) is 2. The maximum absolute atomic E-state index is 13.3. The van der Waals surface area contributed by atoms with Gasteiger partial charge in [0.2, 0.25) is 0 Å². The predicted octanol–water partition coefficient (Wildman–Crippen LogP) is 7.33. The lowest BCUT2D eigenvalue weighted by molar-refractivity contribution is -0.143. The van der Waals surface area contributed by atoms with Crippen molar-refractivity contribution in [1.82, 2.24) is 4.90 Å². The number of ether oxygens (including phenoxy) is 1. The molecule has 15 heteroatoms. The number of alkyl halides is 9. The zero-order chi connectivity index (χ0) is 28.8. The van der Waals surface area contributed by atoms with Crippen LogP contribution in [0.4, 0.5) is 54.8 Å². The summed E-state index contributed by atoms with van der Waals surface area (Å²) in [6, 6.07) is 0.531. The molecule has 2 amide bonds. The van der Waals surface area contributed by atoms with Gasteiger partial charge in [0.25, 0.3) is 0 Å². The number of hydrogen-bond acceptors (Lipinski definition) is 3. The Morgan fingerprint density at radius 1 is 0.921 bits per heavy atom. The molecule has 6 nitrogen and oxygen atoms in total. The summed E-state index contributed by atoms with van der Waals surface area (Å²) in [7, 11) is 0.895. The summed E-state index contributed by atoms with van der Waals surface area (Å²) in [6.07, 6.45) is -18.2. The topological polar surface area (TPSA) is 70.1 Å². The molecule has 0 aliphatic carbocycles. The van der Waals surface area contributed by atoms with Crippen molar-refractivity contribution >= 4 is 17.9 Å². The summed E-state index contributed by atoms with van der Waals surface area (Å²) in [5, 5.41) is 9.60. The number of hydrogen-bond donors (Lipinski definition) is 1. The zero-order valence-electron chi connectivity index (χ0n) is 19.5. The Morgan fingerprint density at radius 2 is 1.45 bits per heavy atom. The fourth-order valence-electron chi connectivity index (χ4n) is 4.32. The van der Waals surface area contributed by atoms with Crippen LogP contribution in [0.1, 0.15) is 47.2 Å². The Bertz CT molecular complexity index is 1190. The van der Waals surface area contributed by atoms with E-state index in [1.54, 1.807) is 0 Å². The molecule has 0 fully saturated rings. The molecule has 2 aromatic carbocycles. The number of benzene rings is 2. The average Bonchev–Trinajstić information content (AvgIpc) is 2.79. The van der Waals surface area contributed by atoms with E-state index in [1.165, 1.54) is 6.92 Å². The number of carbonyl (C=O) groups is 2.